The number of benzene rings is 2. The van der Waals surface area contributed by atoms with Crippen LogP contribution in [0.25, 0.3) is 10.8 Å². The van der Waals surface area contributed by atoms with Crippen LogP contribution in [0, 0.1) is 10.4 Å². The van der Waals surface area contributed by atoms with Crippen LogP contribution < -0.4 is 34.5 Å². The minimum atomic E-state index is -3.73. The molecule has 0 saturated carbocycles. The summed E-state index contributed by atoms with van der Waals surface area (Å²) < 4.78 is 27.6. The first-order valence-corrected chi connectivity index (χ1v) is 9.55. The second-order valence-electron chi connectivity index (χ2n) is 6.21. The van der Waals surface area contributed by atoms with Crippen molar-refractivity contribution in [3.63, 3.8) is 0 Å². The van der Waals surface area contributed by atoms with E-state index in [1.165, 1.54) is 9.31 Å². The van der Waals surface area contributed by atoms with Crippen LogP contribution in [-0.2, 0) is 10.0 Å². The molecule has 0 bridgehead atoms. The summed E-state index contributed by atoms with van der Waals surface area (Å²) in [4.78, 5) is 2.14. The Morgan fingerprint density at radius 3 is 2.22 bits per heavy atom. The first-order valence-electron chi connectivity index (χ1n) is 8.11. The molecule has 27 heavy (non-hydrogen) atoms. The standard InChI is InChI=1S/C16H21N5O4S.Na/c1-18(2)15-7-3-6-14-13(15)5-4-8-16(14)26(24,25)20-11-9-19(10-12-20)21(23)17-22;/h3-8,22H,9-12H2,1-2H3;/q;+1/p-1. The van der Waals surface area contributed by atoms with Gasteiger partial charge in [0, 0.05) is 48.6 Å². The number of hydrazine groups is 1. The van der Waals surface area contributed by atoms with Gasteiger partial charge in [-0.15, -0.1) is 5.01 Å². The zero-order valence-electron chi connectivity index (χ0n) is 15.6. The average Bonchev–Trinajstić information content (AvgIpc) is 2.66. The first-order chi connectivity index (χ1) is 12.4. The molecule has 2 aromatic carbocycles. The van der Waals surface area contributed by atoms with Crippen molar-refractivity contribution in [1.29, 1.82) is 0 Å². The summed E-state index contributed by atoms with van der Waals surface area (Å²) in [5, 5.41) is 26.6. The van der Waals surface area contributed by atoms with E-state index >= 15 is 0 Å². The van der Waals surface area contributed by atoms with Gasteiger partial charge in [-0.2, -0.15) is 4.31 Å². The Morgan fingerprint density at radius 2 is 1.63 bits per heavy atom. The third kappa shape index (κ3) is 4.14. The number of rotatable bonds is 4. The Morgan fingerprint density at radius 1 is 1.04 bits per heavy atom. The molecule has 1 aliphatic heterocycles. The van der Waals surface area contributed by atoms with Gasteiger partial charge in [0.1, 0.15) is 0 Å². The number of hydrogen-bond acceptors (Lipinski definition) is 6. The molecule has 0 aliphatic carbocycles. The van der Waals surface area contributed by atoms with Crippen molar-refractivity contribution in [1.82, 2.24) is 9.31 Å². The van der Waals surface area contributed by atoms with Crippen LogP contribution in [-0.4, -0.2) is 63.0 Å². The number of piperazine rings is 1. The zero-order chi connectivity index (χ0) is 18.9. The fourth-order valence-electron chi connectivity index (χ4n) is 3.16. The quantitative estimate of drug-likeness (QED) is 0.270. The molecule has 3 rings (SSSR count). The Kier molecular flexibility index (Phi) is 6.92. The number of nitrogens with zero attached hydrogens (tertiary/aromatic N) is 5. The van der Waals surface area contributed by atoms with E-state index in [2.05, 4.69) is 5.28 Å². The molecule has 1 fully saturated rings. The number of hydrogen-bond donors (Lipinski definition) is 0. The molecule has 0 aromatic heterocycles. The molecule has 1 saturated heterocycles. The summed E-state index contributed by atoms with van der Waals surface area (Å²) in [6.07, 6.45) is 0. The Hall–Kier alpha value is -1.59. The molecule has 11 heteroatoms. The summed E-state index contributed by atoms with van der Waals surface area (Å²) >= 11 is 0. The molecule has 1 heterocycles. The van der Waals surface area contributed by atoms with Gasteiger partial charge in [-0.25, -0.2) is 8.42 Å². The van der Waals surface area contributed by atoms with E-state index < -0.39 is 10.0 Å². The van der Waals surface area contributed by atoms with Crippen molar-refractivity contribution in [2.24, 2.45) is 5.28 Å². The Bertz CT molecular complexity index is 943. The summed E-state index contributed by atoms with van der Waals surface area (Å²) in [7, 11) is 0.0872. The fraction of sp³-hybridized carbons (Fsp3) is 0.375. The van der Waals surface area contributed by atoms with Gasteiger partial charge >= 0.3 is 29.6 Å². The van der Waals surface area contributed by atoms with E-state index in [9.17, 15) is 18.8 Å². The SMILES string of the molecule is CN(C)c1cccc2c(S(=O)(=O)N3CCN([N+]([O-])=N[O-])CC3)cccc12.[Na+]. The second-order valence-corrected chi connectivity index (χ2v) is 8.12. The third-order valence-electron chi connectivity index (χ3n) is 4.49. The van der Waals surface area contributed by atoms with Crippen LogP contribution in [0.4, 0.5) is 5.69 Å². The van der Waals surface area contributed by atoms with Crippen LogP contribution in [0.15, 0.2) is 46.6 Å². The van der Waals surface area contributed by atoms with Crippen LogP contribution in [0.3, 0.4) is 0 Å². The number of anilines is 1. The zero-order valence-corrected chi connectivity index (χ0v) is 18.4. The van der Waals surface area contributed by atoms with Crippen molar-refractivity contribution >= 4 is 26.5 Å². The van der Waals surface area contributed by atoms with Crippen LogP contribution >= 0.6 is 0 Å². The topological polar surface area (TPSA) is 105 Å². The molecule has 0 radical (unpaired) electrons. The Balaban J connectivity index is 0.00000261. The van der Waals surface area contributed by atoms with Crippen molar-refractivity contribution in [2.75, 3.05) is 45.2 Å². The number of sulfonamides is 1. The van der Waals surface area contributed by atoms with Gasteiger partial charge in [0.2, 0.25) is 10.0 Å². The van der Waals surface area contributed by atoms with Gasteiger partial charge in [-0.3, -0.25) is 0 Å². The predicted molar refractivity (Wildman–Crippen MR) is 98.0 cm³/mol. The van der Waals surface area contributed by atoms with E-state index in [0.717, 1.165) is 11.1 Å². The smallest absolute Gasteiger partial charge is 0.737 e. The normalized spacial score (nSPS) is 16.2. The van der Waals surface area contributed by atoms with E-state index in [1.807, 2.05) is 37.2 Å². The fourth-order valence-corrected chi connectivity index (χ4v) is 4.79. The van der Waals surface area contributed by atoms with Gasteiger partial charge in [-0.1, -0.05) is 24.3 Å². The van der Waals surface area contributed by atoms with Gasteiger partial charge in [-0.05, 0) is 17.4 Å². The summed E-state index contributed by atoms with van der Waals surface area (Å²) in [6, 6.07) is 10.8. The minimum absolute atomic E-state index is 0. The minimum Gasteiger partial charge on any atom is -0.737 e. The average molecular weight is 401 g/mol. The first kappa shape index (κ1) is 21.7. The van der Waals surface area contributed by atoms with Gasteiger partial charge < -0.3 is 15.3 Å². The molecule has 0 unspecified atom stereocenters. The molecule has 9 nitrogen and oxygen atoms in total. The van der Waals surface area contributed by atoms with E-state index in [0.29, 0.717) is 5.39 Å². The molecular formula is C16H20N5NaO4S. The number of fused-ring (bicyclic) bond motifs is 1. The van der Waals surface area contributed by atoms with Crippen LogP contribution in [0.2, 0.25) is 0 Å². The maximum absolute atomic E-state index is 13.1. The molecular weight excluding hydrogens is 381 g/mol. The van der Waals surface area contributed by atoms with Crippen LogP contribution in [0.5, 0.6) is 0 Å². The molecule has 0 spiro atoms. The molecule has 1 aliphatic rings. The maximum atomic E-state index is 13.1. The summed E-state index contributed by atoms with van der Waals surface area (Å²) in [6.45, 7) is 0.449. The maximum Gasteiger partial charge on any atom is 1.00 e. The van der Waals surface area contributed by atoms with Crippen molar-refractivity contribution in [3.05, 3.63) is 46.8 Å². The van der Waals surface area contributed by atoms with Gasteiger partial charge in [0.05, 0.1) is 18.0 Å². The molecule has 0 amide bonds. The van der Waals surface area contributed by atoms with Crippen molar-refractivity contribution in [2.45, 2.75) is 4.90 Å². The van der Waals surface area contributed by atoms with Crippen molar-refractivity contribution in [3.8, 4) is 0 Å². The van der Waals surface area contributed by atoms with E-state index in [4.69, 9.17) is 0 Å². The summed E-state index contributed by atoms with van der Waals surface area (Å²) in [5.74, 6) is 0. The van der Waals surface area contributed by atoms with Gasteiger partial charge in [0.15, 0.2) is 0 Å². The summed E-state index contributed by atoms with van der Waals surface area (Å²) in [5.41, 5.74) is 0.934. The Labute approximate surface area is 180 Å². The monoisotopic (exact) mass is 401 g/mol. The molecule has 140 valence electrons. The largest absolute Gasteiger partial charge is 1.00 e. The third-order valence-corrected chi connectivity index (χ3v) is 6.44. The molecule has 2 aromatic rings. The molecule has 0 atom stereocenters. The van der Waals surface area contributed by atoms with E-state index in [1.54, 1.807) is 18.2 Å². The van der Waals surface area contributed by atoms with Crippen molar-refractivity contribution < 1.29 is 42.9 Å². The molecule has 0 N–H and O–H groups in total. The van der Waals surface area contributed by atoms with Crippen LogP contribution in [0.1, 0.15) is 0 Å². The predicted octanol–water partition coefficient (Wildman–Crippen LogP) is -1.41. The van der Waals surface area contributed by atoms with Gasteiger partial charge in [0.25, 0.3) is 0 Å². The second kappa shape index (κ2) is 8.61. The van der Waals surface area contributed by atoms with E-state index in [-0.39, 0.29) is 65.6 Å².